The molecule has 0 unspecified atom stereocenters. The van der Waals surface area contributed by atoms with E-state index in [4.69, 9.17) is 9.15 Å². The number of aliphatic hydroxyl groups is 1. The van der Waals surface area contributed by atoms with Gasteiger partial charge in [0.05, 0.1) is 18.8 Å². The van der Waals surface area contributed by atoms with Crippen molar-refractivity contribution in [1.82, 2.24) is 4.90 Å². The van der Waals surface area contributed by atoms with Crippen molar-refractivity contribution in [3.05, 3.63) is 35.1 Å². The van der Waals surface area contributed by atoms with Crippen molar-refractivity contribution in [1.29, 1.82) is 0 Å². The van der Waals surface area contributed by atoms with E-state index in [1.54, 1.807) is 4.90 Å². The van der Waals surface area contributed by atoms with Gasteiger partial charge in [-0.25, -0.2) is 0 Å². The molecule has 1 aromatic carbocycles. The Morgan fingerprint density at radius 1 is 1.35 bits per heavy atom. The maximum atomic E-state index is 12.8. The lowest BCUT2D eigenvalue weighted by Crippen LogP contribution is -2.31. The van der Waals surface area contributed by atoms with Gasteiger partial charge in [0.2, 0.25) is 0 Å². The van der Waals surface area contributed by atoms with Crippen LogP contribution in [-0.4, -0.2) is 47.3 Å². The van der Waals surface area contributed by atoms with Gasteiger partial charge in [0.15, 0.2) is 5.76 Å². The van der Waals surface area contributed by atoms with Gasteiger partial charge in [-0.1, -0.05) is 12.1 Å². The molecule has 5 heteroatoms. The SMILES string of the molecule is Cc1ccc2c(C)c(C(=O)N3C[C@H](OC(C)C)[C@@H](O)C3)oc2c1. The van der Waals surface area contributed by atoms with Crippen molar-refractivity contribution in [3.8, 4) is 0 Å². The zero-order valence-corrected chi connectivity index (χ0v) is 14.0. The fourth-order valence-corrected chi connectivity index (χ4v) is 3.09. The van der Waals surface area contributed by atoms with Crippen LogP contribution in [0.5, 0.6) is 0 Å². The first-order valence-electron chi connectivity index (χ1n) is 7.99. The molecule has 0 bridgehead atoms. The quantitative estimate of drug-likeness (QED) is 0.945. The van der Waals surface area contributed by atoms with E-state index in [1.807, 2.05) is 45.9 Å². The lowest BCUT2D eigenvalue weighted by atomic mass is 10.1. The van der Waals surface area contributed by atoms with Crippen molar-refractivity contribution in [3.63, 3.8) is 0 Å². The highest BCUT2D eigenvalue weighted by Gasteiger charge is 2.37. The van der Waals surface area contributed by atoms with Crippen molar-refractivity contribution in [2.24, 2.45) is 0 Å². The number of aliphatic hydroxyl groups excluding tert-OH is 1. The van der Waals surface area contributed by atoms with Crippen LogP contribution in [0.2, 0.25) is 0 Å². The molecule has 0 aliphatic carbocycles. The van der Waals surface area contributed by atoms with Gasteiger partial charge in [-0.3, -0.25) is 4.79 Å². The van der Waals surface area contributed by atoms with Crippen LogP contribution in [-0.2, 0) is 4.74 Å². The minimum atomic E-state index is -0.659. The first kappa shape index (κ1) is 16.0. The molecule has 1 aromatic heterocycles. The number of nitrogens with zero attached hydrogens (tertiary/aromatic N) is 1. The van der Waals surface area contributed by atoms with Gasteiger partial charge < -0.3 is 19.2 Å². The molecule has 2 heterocycles. The van der Waals surface area contributed by atoms with Gasteiger partial charge >= 0.3 is 0 Å². The highest BCUT2D eigenvalue weighted by molar-refractivity contribution is 5.99. The molecule has 1 aliphatic rings. The lowest BCUT2D eigenvalue weighted by molar-refractivity contribution is -0.0394. The van der Waals surface area contributed by atoms with Crippen molar-refractivity contribution >= 4 is 16.9 Å². The summed E-state index contributed by atoms with van der Waals surface area (Å²) in [7, 11) is 0. The molecule has 2 aromatic rings. The zero-order valence-electron chi connectivity index (χ0n) is 14.0. The third kappa shape index (κ3) is 2.99. The largest absolute Gasteiger partial charge is 0.451 e. The fraction of sp³-hybridized carbons (Fsp3) is 0.500. The van der Waals surface area contributed by atoms with E-state index < -0.39 is 6.10 Å². The minimum absolute atomic E-state index is 0.0145. The van der Waals surface area contributed by atoms with E-state index in [9.17, 15) is 9.90 Å². The maximum Gasteiger partial charge on any atom is 0.290 e. The summed E-state index contributed by atoms with van der Waals surface area (Å²) in [4.78, 5) is 14.4. The third-order valence-electron chi connectivity index (χ3n) is 4.26. The molecular formula is C18H23NO4. The zero-order chi connectivity index (χ0) is 16.7. The number of likely N-dealkylation sites (tertiary alicyclic amines) is 1. The van der Waals surface area contributed by atoms with Crippen LogP contribution in [0.25, 0.3) is 11.0 Å². The van der Waals surface area contributed by atoms with E-state index in [2.05, 4.69) is 0 Å². The van der Waals surface area contributed by atoms with Gasteiger partial charge in [0.25, 0.3) is 5.91 Å². The van der Waals surface area contributed by atoms with Crippen LogP contribution in [0.4, 0.5) is 0 Å². The molecule has 3 rings (SSSR count). The smallest absolute Gasteiger partial charge is 0.290 e. The van der Waals surface area contributed by atoms with E-state index >= 15 is 0 Å². The number of hydrogen-bond donors (Lipinski definition) is 1. The average molecular weight is 317 g/mol. The van der Waals surface area contributed by atoms with E-state index in [0.29, 0.717) is 12.3 Å². The summed E-state index contributed by atoms with van der Waals surface area (Å²) < 4.78 is 11.5. The molecule has 5 nitrogen and oxygen atoms in total. The van der Waals surface area contributed by atoms with Gasteiger partial charge in [-0.05, 0) is 39.3 Å². The summed E-state index contributed by atoms with van der Waals surface area (Å²) in [6, 6.07) is 5.91. The van der Waals surface area contributed by atoms with E-state index in [1.165, 1.54) is 0 Å². The van der Waals surface area contributed by atoms with Crippen LogP contribution in [0.15, 0.2) is 22.6 Å². The number of β-amino-alcohol motifs (C(OH)–C–C–N with tert-alkyl or cyclic N) is 1. The molecule has 2 atom stereocenters. The minimum Gasteiger partial charge on any atom is -0.451 e. The number of amides is 1. The van der Waals surface area contributed by atoms with Crippen LogP contribution in [0, 0.1) is 13.8 Å². The molecular weight excluding hydrogens is 294 g/mol. The summed E-state index contributed by atoms with van der Waals surface area (Å²) in [6.07, 6.45) is -0.986. The molecule has 1 fully saturated rings. The van der Waals surface area contributed by atoms with Crippen molar-refractivity contribution in [2.45, 2.75) is 46.0 Å². The highest BCUT2D eigenvalue weighted by Crippen LogP contribution is 2.28. The standard InChI is InChI=1S/C18H23NO4/c1-10(2)22-16-9-19(8-14(16)20)18(21)17-12(4)13-6-5-11(3)7-15(13)23-17/h5-7,10,14,16,20H,8-9H2,1-4H3/t14-,16-/m0/s1. The highest BCUT2D eigenvalue weighted by atomic mass is 16.5. The predicted octanol–water partition coefficient (Wildman–Crippen LogP) is 2.66. The Hall–Kier alpha value is -1.85. The molecule has 1 N–H and O–H groups in total. The van der Waals surface area contributed by atoms with E-state index in [-0.39, 0.29) is 24.7 Å². The number of ether oxygens (including phenoxy) is 1. The second-order valence-electron chi connectivity index (χ2n) is 6.56. The van der Waals surface area contributed by atoms with Gasteiger partial charge in [-0.15, -0.1) is 0 Å². The van der Waals surface area contributed by atoms with E-state index in [0.717, 1.165) is 22.1 Å². The monoisotopic (exact) mass is 317 g/mol. The number of fused-ring (bicyclic) bond motifs is 1. The third-order valence-corrected chi connectivity index (χ3v) is 4.26. The summed E-state index contributed by atoms with van der Waals surface area (Å²) in [5, 5.41) is 11.1. The van der Waals surface area contributed by atoms with Gasteiger partial charge in [-0.2, -0.15) is 0 Å². The second kappa shape index (κ2) is 5.98. The Bertz CT molecular complexity index is 734. The number of furan rings is 1. The first-order chi connectivity index (χ1) is 10.9. The Morgan fingerprint density at radius 3 is 2.78 bits per heavy atom. The summed E-state index contributed by atoms with van der Waals surface area (Å²) >= 11 is 0. The van der Waals surface area contributed by atoms with Crippen molar-refractivity contribution in [2.75, 3.05) is 13.1 Å². The molecule has 23 heavy (non-hydrogen) atoms. The summed E-state index contributed by atoms with van der Waals surface area (Å²) in [6.45, 7) is 8.37. The molecule has 1 aliphatic heterocycles. The van der Waals surface area contributed by atoms with Gasteiger partial charge in [0, 0.05) is 17.5 Å². The Balaban J connectivity index is 1.85. The first-order valence-corrected chi connectivity index (χ1v) is 7.99. The number of hydrogen-bond acceptors (Lipinski definition) is 4. The summed E-state index contributed by atoms with van der Waals surface area (Å²) in [5.41, 5.74) is 2.65. The topological polar surface area (TPSA) is 62.9 Å². The molecule has 124 valence electrons. The van der Waals surface area contributed by atoms with Crippen LogP contribution in [0.3, 0.4) is 0 Å². The average Bonchev–Trinajstić information content (AvgIpc) is 2.99. The maximum absolute atomic E-state index is 12.8. The predicted molar refractivity (Wildman–Crippen MR) is 87.6 cm³/mol. The van der Waals surface area contributed by atoms with Crippen LogP contribution in [0.1, 0.15) is 35.5 Å². The van der Waals surface area contributed by atoms with Crippen molar-refractivity contribution < 1.29 is 19.1 Å². The van der Waals surface area contributed by atoms with Crippen LogP contribution < -0.4 is 0 Å². The number of benzene rings is 1. The number of aryl methyl sites for hydroxylation is 2. The lowest BCUT2D eigenvalue weighted by Gasteiger charge is -2.17. The molecule has 1 amide bonds. The molecule has 0 radical (unpaired) electrons. The number of rotatable bonds is 3. The molecule has 0 spiro atoms. The van der Waals surface area contributed by atoms with Crippen LogP contribution >= 0.6 is 0 Å². The summed E-state index contributed by atoms with van der Waals surface area (Å²) in [5.74, 6) is 0.160. The second-order valence-corrected chi connectivity index (χ2v) is 6.56. The Labute approximate surface area is 135 Å². The normalized spacial score (nSPS) is 21.6. The Morgan fingerprint density at radius 2 is 2.09 bits per heavy atom. The number of carbonyl (C=O) groups is 1. The Kier molecular flexibility index (Phi) is 4.17. The fourth-order valence-electron chi connectivity index (χ4n) is 3.09. The number of carbonyl (C=O) groups excluding carboxylic acids is 1. The molecule has 0 saturated carbocycles. The molecule has 1 saturated heterocycles. The van der Waals surface area contributed by atoms with Gasteiger partial charge in [0.1, 0.15) is 11.7 Å².